The number of benzene rings is 6. The lowest BCUT2D eigenvalue weighted by molar-refractivity contribution is 0.0926. The molecule has 3 heterocycles. The number of nitrogens with zero attached hydrogens (tertiary/aromatic N) is 3. The van der Waals surface area contributed by atoms with Crippen LogP contribution < -0.4 is 4.90 Å². The summed E-state index contributed by atoms with van der Waals surface area (Å²) >= 11 is 0. The van der Waals surface area contributed by atoms with Crippen molar-refractivity contribution in [1.82, 2.24) is 9.55 Å². The van der Waals surface area contributed by atoms with Gasteiger partial charge in [-0.2, -0.15) is 0 Å². The predicted molar refractivity (Wildman–Crippen MR) is 192 cm³/mol. The molecule has 1 aliphatic rings. The van der Waals surface area contributed by atoms with Gasteiger partial charge in [-0.1, -0.05) is 97.1 Å². The maximum absolute atomic E-state index is 14.7. The quantitative estimate of drug-likeness (QED) is 0.181. The highest BCUT2D eigenvalue weighted by atomic mass is 16.2. The van der Waals surface area contributed by atoms with Crippen molar-refractivity contribution >= 4 is 39.3 Å². The van der Waals surface area contributed by atoms with Gasteiger partial charge in [0, 0.05) is 23.2 Å². The van der Waals surface area contributed by atoms with Crippen molar-refractivity contribution in [2.45, 2.75) is 0 Å². The Bertz CT molecular complexity index is 2480. The van der Waals surface area contributed by atoms with E-state index in [9.17, 15) is 9.59 Å². The molecule has 8 aromatic rings. The molecule has 0 aliphatic carbocycles. The average Bonchev–Trinajstić information content (AvgIpc) is 3.62. The van der Waals surface area contributed by atoms with Crippen LogP contribution in [0.3, 0.4) is 0 Å². The average molecular weight is 618 g/mol. The van der Waals surface area contributed by atoms with Gasteiger partial charge >= 0.3 is 0 Å². The van der Waals surface area contributed by atoms with Gasteiger partial charge in [-0.25, -0.2) is 4.90 Å². The second-order valence-corrected chi connectivity index (χ2v) is 12.0. The Kier molecular flexibility index (Phi) is 6.37. The maximum Gasteiger partial charge on any atom is 0.268 e. The van der Waals surface area contributed by atoms with E-state index in [1.807, 2.05) is 109 Å². The number of hydrogen-bond acceptors (Lipinski definition) is 3. The van der Waals surface area contributed by atoms with Crippen LogP contribution in [0.4, 0.5) is 5.69 Å². The number of rotatable bonds is 5. The summed E-state index contributed by atoms with van der Waals surface area (Å²) in [5.41, 5.74) is 9.86. The third-order valence-electron chi connectivity index (χ3n) is 9.21. The SMILES string of the molecule is O=C1c2cccc(-n3c4ccccc4c4ccc(-c5ccncc5)cc43)c2C(=O)N1c1cc(-c2ccccc2)cc(-c2ccccc2)c1. The summed E-state index contributed by atoms with van der Waals surface area (Å²) in [6.07, 6.45) is 3.57. The van der Waals surface area contributed by atoms with Crippen molar-refractivity contribution in [3.63, 3.8) is 0 Å². The number of fused-ring (bicyclic) bond motifs is 4. The van der Waals surface area contributed by atoms with Crippen LogP contribution in [0.5, 0.6) is 0 Å². The van der Waals surface area contributed by atoms with E-state index < -0.39 is 0 Å². The van der Waals surface area contributed by atoms with E-state index in [-0.39, 0.29) is 11.8 Å². The van der Waals surface area contributed by atoms with Crippen LogP contribution >= 0.6 is 0 Å². The van der Waals surface area contributed by atoms with Gasteiger partial charge in [0.15, 0.2) is 0 Å². The molecule has 0 fully saturated rings. The van der Waals surface area contributed by atoms with Crippen molar-refractivity contribution in [2.75, 3.05) is 4.90 Å². The lowest BCUT2D eigenvalue weighted by atomic mass is 9.97. The van der Waals surface area contributed by atoms with Crippen molar-refractivity contribution in [2.24, 2.45) is 0 Å². The zero-order chi connectivity index (χ0) is 32.2. The van der Waals surface area contributed by atoms with Crippen molar-refractivity contribution in [3.05, 3.63) is 175 Å². The minimum atomic E-state index is -0.342. The first kappa shape index (κ1) is 27.7. The van der Waals surface area contributed by atoms with Gasteiger partial charge in [0.05, 0.1) is 33.5 Å². The number of imide groups is 1. The van der Waals surface area contributed by atoms with E-state index in [1.165, 1.54) is 4.90 Å². The molecule has 5 nitrogen and oxygen atoms in total. The van der Waals surface area contributed by atoms with E-state index in [4.69, 9.17) is 0 Å². The summed E-state index contributed by atoms with van der Waals surface area (Å²) in [6.45, 7) is 0. The number of hydrogen-bond donors (Lipinski definition) is 0. The smallest absolute Gasteiger partial charge is 0.268 e. The molecule has 2 aromatic heterocycles. The molecule has 0 N–H and O–H groups in total. The van der Waals surface area contributed by atoms with Gasteiger partial charge in [0.1, 0.15) is 0 Å². The molecular formula is C43H27N3O2. The first-order chi connectivity index (χ1) is 23.7. The topological polar surface area (TPSA) is 55.2 Å². The summed E-state index contributed by atoms with van der Waals surface area (Å²) in [4.78, 5) is 34.5. The third kappa shape index (κ3) is 4.37. The molecule has 9 rings (SSSR count). The minimum Gasteiger partial charge on any atom is -0.308 e. The highest BCUT2D eigenvalue weighted by molar-refractivity contribution is 6.36. The molecule has 226 valence electrons. The Morgan fingerprint density at radius 1 is 0.438 bits per heavy atom. The first-order valence-electron chi connectivity index (χ1n) is 15.9. The summed E-state index contributed by atoms with van der Waals surface area (Å²) in [7, 11) is 0. The summed E-state index contributed by atoms with van der Waals surface area (Å²) < 4.78 is 2.12. The second kappa shape index (κ2) is 11.0. The number of amides is 2. The lowest BCUT2D eigenvalue weighted by Gasteiger charge is -2.18. The number of anilines is 1. The largest absolute Gasteiger partial charge is 0.308 e. The van der Waals surface area contributed by atoms with Gasteiger partial charge < -0.3 is 4.57 Å². The number of aromatic nitrogens is 2. The van der Waals surface area contributed by atoms with Crippen LogP contribution in [0.15, 0.2) is 164 Å². The standard InChI is InChI=1S/C43H27N3O2/c47-42-37-15-9-17-39(46-38-16-8-7-14-35(38)36-19-18-31(27-40(36)46)30-20-22-44-23-21-30)41(37)43(48)45(42)34-25-32(28-10-3-1-4-11-28)24-33(26-34)29-12-5-2-6-13-29/h1-27H. The number of para-hydroxylation sites is 1. The third-order valence-corrected chi connectivity index (χ3v) is 9.21. The second-order valence-electron chi connectivity index (χ2n) is 12.0. The molecule has 5 heteroatoms. The first-order valence-corrected chi connectivity index (χ1v) is 15.9. The molecule has 48 heavy (non-hydrogen) atoms. The van der Waals surface area contributed by atoms with Gasteiger partial charge in [-0.3, -0.25) is 14.6 Å². The van der Waals surface area contributed by atoms with Crippen LogP contribution in [0.1, 0.15) is 20.7 Å². The van der Waals surface area contributed by atoms with E-state index in [0.717, 1.165) is 55.2 Å². The Morgan fingerprint density at radius 2 is 1.06 bits per heavy atom. The highest BCUT2D eigenvalue weighted by Gasteiger charge is 2.39. The monoisotopic (exact) mass is 617 g/mol. The van der Waals surface area contributed by atoms with Gasteiger partial charge in [-0.15, -0.1) is 0 Å². The van der Waals surface area contributed by atoms with Crippen LogP contribution in [0.2, 0.25) is 0 Å². The zero-order valence-electron chi connectivity index (χ0n) is 25.7. The number of carbonyl (C=O) groups is 2. The normalized spacial score (nSPS) is 12.6. The minimum absolute atomic E-state index is 0.334. The van der Waals surface area contributed by atoms with Gasteiger partial charge in [0.2, 0.25) is 0 Å². The molecule has 0 bridgehead atoms. The summed E-state index contributed by atoms with van der Waals surface area (Å²) in [5, 5.41) is 2.14. The Balaban J connectivity index is 1.24. The molecule has 0 unspecified atom stereocenters. The van der Waals surface area contributed by atoms with E-state index in [1.54, 1.807) is 18.5 Å². The van der Waals surface area contributed by atoms with Crippen molar-refractivity contribution in [1.29, 1.82) is 0 Å². The Morgan fingerprint density at radius 3 is 1.77 bits per heavy atom. The molecule has 0 radical (unpaired) electrons. The molecule has 0 saturated carbocycles. The maximum atomic E-state index is 14.7. The number of carbonyl (C=O) groups excluding carboxylic acids is 2. The van der Waals surface area contributed by atoms with E-state index in [0.29, 0.717) is 22.5 Å². The predicted octanol–water partition coefficient (Wildman–Crippen LogP) is 9.98. The lowest BCUT2D eigenvalue weighted by Crippen LogP contribution is -2.29. The summed E-state index contributed by atoms with van der Waals surface area (Å²) in [6, 6.07) is 50.2. The summed E-state index contributed by atoms with van der Waals surface area (Å²) in [5.74, 6) is -0.676. The van der Waals surface area contributed by atoms with E-state index in [2.05, 4.69) is 45.9 Å². The zero-order valence-corrected chi connectivity index (χ0v) is 25.7. The number of pyridine rings is 1. The van der Waals surface area contributed by atoms with Crippen LogP contribution in [-0.4, -0.2) is 21.4 Å². The van der Waals surface area contributed by atoms with E-state index >= 15 is 0 Å². The van der Waals surface area contributed by atoms with Crippen LogP contribution in [0.25, 0.3) is 60.9 Å². The molecule has 6 aromatic carbocycles. The molecule has 0 saturated heterocycles. The highest BCUT2D eigenvalue weighted by Crippen LogP contribution is 2.40. The fourth-order valence-corrected chi connectivity index (χ4v) is 6.98. The molecule has 0 spiro atoms. The fraction of sp³-hybridized carbons (Fsp3) is 0. The molecule has 2 amide bonds. The molecular weight excluding hydrogens is 590 g/mol. The Labute approximate surface area is 277 Å². The van der Waals surface area contributed by atoms with Crippen LogP contribution in [0, 0.1) is 0 Å². The Hall–Kier alpha value is -6.59. The van der Waals surface area contributed by atoms with Crippen LogP contribution in [-0.2, 0) is 0 Å². The van der Waals surface area contributed by atoms with Gasteiger partial charge in [0.25, 0.3) is 11.8 Å². The molecule has 0 atom stereocenters. The van der Waals surface area contributed by atoms with Gasteiger partial charge in [-0.05, 0) is 88.0 Å². The molecule has 1 aliphatic heterocycles. The van der Waals surface area contributed by atoms with Crippen molar-refractivity contribution < 1.29 is 9.59 Å². The fourth-order valence-electron chi connectivity index (χ4n) is 6.98. The van der Waals surface area contributed by atoms with Crippen molar-refractivity contribution in [3.8, 4) is 39.1 Å².